The molecular weight excluding hydrogens is 327 g/mol. The Morgan fingerprint density at radius 1 is 1.40 bits per heavy atom. The lowest BCUT2D eigenvalue weighted by Crippen LogP contribution is -2.27. The molecule has 3 heterocycles. The highest BCUT2D eigenvalue weighted by atomic mass is 19.1. The smallest absolute Gasteiger partial charge is 0.292 e. The van der Waals surface area contributed by atoms with Gasteiger partial charge in [0.05, 0.1) is 5.69 Å². The van der Waals surface area contributed by atoms with Gasteiger partial charge in [0.1, 0.15) is 12.4 Å². The van der Waals surface area contributed by atoms with E-state index < -0.39 is 5.82 Å². The second-order valence-corrected chi connectivity index (χ2v) is 6.37. The number of hydrogen-bond acceptors (Lipinski definition) is 7. The molecule has 8 nitrogen and oxygen atoms in total. The normalized spacial score (nSPS) is 20.1. The second kappa shape index (κ2) is 6.38. The summed E-state index contributed by atoms with van der Waals surface area (Å²) in [4.78, 5) is 26.1. The van der Waals surface area contributed by atoms with Crippen LogP contribution < -0.4 is 10.2 Å². The topological polar surface area (TPSA) is 97.0 Å². The van der Waals surface area contributed by atoms with Gasteiger partial charge in [-0.15, -0.1) is 0 Å². The lowest BCUT2D eigenvalue weighted by Gasteiger charge is -2.23. The summed E-state index contributed by atoms with van der Waals surface area (Å²) in [7, 11) is 0. The van der Waals surface area contributed by atoms with Crippen LogP contribution in [0.1, 0.15) is 60.9 Å². The summed E-state index contributed by atoms with van der Waals surface area (Å²) in [5, 5.41) is 6.60. The summed E-state index contributed by atoms with van der Waals surface area (Å²) in [5.41, 5.74) is 0.380. The van der Waals surface area contributed by atoms with E-state index in [-0.39, 0.29) is 29.6 Å². The zero-order valence-electron chi connectivity index (χ0n) is 13.9. The molecule has 1 saturated carbocycles. The van der Waals surface area contributed by atoms with E-state index in [9.17, 15) is 9.18 Å². The summed E-state index contributed by atoms with van der Waals surface area (Å²) >= 11 is 0. The number of anilines is 1. The van der Waals surface area contributed by atoms with Crippen LogP contribution >= 0.6 is 0 Å². The monoisotopic (exact) mass is 346 g/mol. The van der Waals surface area contributed by atoms with Crippen molar-refractivity contribution in [3.63, 3.8) is 0 Å². The third-order valence-corrected chi connectivity index (χ3v) is 4.55. The van der Waals surface area contributed by atoms with Crippen LogP contribution in [0.25, 0.3) is 0 Å². The van der Waals surface area contributed by atoms with E-state index >= 15 is 0 Å². The zero-order valence-corrected chi connectivity index (χ0v) is 13.9. The average Bonchev–Trinajstić information content (AvgIpc) is 3.12. The van der Waals surface area contributed by atoms with Crippen LogP contribution in [0, 0.1) is 5.82 Å². The van der Waals surface area contributed by atoms with Gasteiger partial charge in [-0.2, -0.15) is 4.98 Å². The second-order valence-electron chi connectivity index (χ2n) is 6.37. The number of halogens is 1. The summed E-state index contributed by atoms with van der Waals surface area (Å²) in [6.45, 7) is 2.48. The number of amides is 1. The van der Waals surface area contributed by atoms with E-state index in [1.165, 1.54) is 6.33 Å². The van der Waals surface area contributed by atoms with Crippen LogP contribution in [0.5, 0.6) is 0 Å². The molecule has 0 bridgehead atoms. The van der Waals surface area contributed by atoms with Crippen molar-refractivity contribution in [3.8, 4) is 0 Å². The quantitative estimate of drug-likeness (QED) is 0.881. The molecule has 0 radical (unpaired) electrons. The van der Waals surface area contributed by atoms with Crippen molar-refractivity contribution < 1.29 is 13.7 Å². The molecule has 2 aromatic heterocycles. The Labute approximate surface area is 143 Å². The molecule has 1 amide bonds. The van der Waals surface area contributed by atoms with Crippen LogP contribution in [0.3, 0.4) is 0 Å². The molecule has 0 aromatic carbocycles. The van der Waals surface area contributed by atoms with Gasteiger partial charge in [0.15, 0.2) is 11.6 Å². The van der Waals surface area contributed by atoms with Crippen molar-refractivity contribution in [1.82, 2.24) is 25.4 Å². The Balaban J connectivity index is 1.57. The maximum Gasteiger partial charge on any atom is 0.292 e. The highest BCUT2D eigenvalue weighted by Gasteiger charge is 2.35. The Bertz CT molecular complexity index is 791. The Morgan fingerprint density at radius 3 is 3.00 bits per heavy atom. The maximum atomic E-state index is 14.6. The van der Waals surface area contributed by atoms with Gasteiger partial charge in [0, 0.05) is 12.6 Å². The first-order chi connectivity index (χ1) is 12.2. The minimum Gasteiger partial charge on any atom is -0.346 e. The summed E-state index contributed by atoms with van der Waals surface area (Å²) in [6.07, 6.45) is 5.42. The highest BCUT2D eigenvalue weighted by Crippen LogP contribution is 2.35. The Morgan fingerprint density at radius 2 is 2.24 bits per heavy atom. The lowest BCUT2D eigenvalue weighted by molar-refractivity contribution is 0.0937. The van der Waals surface area contributed by atoms with Crippen LogP contribution in [-0.2, 0) is 6.42 Å². The third kappa shape index (κ3) is 3.06. The van der Waals surface area contributed by atoms with Crippen molar-refractivity contribution in [2.24, 2.45) is 0 Å². The third-order valence-electron chi connectivity index (χ3n) is 4.55. The Hall–Kier alpha value is -2.58. The first kappa shape index (κ1) is 15.9. The fraction of sp³-hybridized carbons (Fsp3) is 0.562. The van der Waals surface area contributed by atoms with Gasteiger partial charge in [0.25, 0.3) is 11.7 Å². The number of aryl methyl sites for hydroxylation is 1. The molecule has 1 N–H and O–H groups in total. The summed E-state index contributed by atoms with van der Waals surface area (Å²) < 4.78 is 19.9. The molecule has 2 aliphatic rings. The SMILES string of the molecule is CCc1ncnc(N2CCC[C@H]2c2nc(C(=O)NC3CC3)no2)c1F. The number of carbonyl (C=O) groups is 1. The van der Waals surface area contributed by atoms with Crippen molar-refractivity contribution in [1.29, 1.82) is 0 Å². The molecular formula is C16H19FN6O2. The molecule has 132 valence electrons. The summed E-state index contributed by atoms with van der Waals surface area (Å²) in [5.74, 6) is -0.163. The van der Waals surface area contributed by atoms with Crippen molar-refractivity contribution in [3.05, 3.63) is 29.6 Å². The maximum absolute atomic E-state index is 14.6. The molecule has 4 rings (SSSR count). The van der Waals surface area contributed by atoms with Gasteiger partial charge in [0.2, 0.25) is 5.89 Å². The van der Waals surface area contributed by atoms with E-state index in [0.29, 0.717) is 24.6 Å². The van der Waals surface area contributed by atoms with E-state index in [0.717, 1.165) is 25.7 Å². The van der Waals surface area contributed by atoms with Crippen molar-refractivity contribution in [2.45, 2.75) is 51.1 Å². The fourth-order valence-electron chi connectivity index (χ4n) is 3.06. The molecule has 2 fully saturated rings. The highest BCUT2D eigenvalue weighted by molar-refractivity contribution is 5.90. The fourth-order valence-corrected chi connectivity index (χ4v) is 3.06. The molecule has 0 spiro atoms. The van der Waals surface area contributed by atoms with E-state index in [4.69, 9.17) is 4.52 Å². The minimum atomic E-state index is -0.414. The van der Waals surface area contributed by atoms with Crippen LogP contribution in [-0.4, -0.2) is 38.6 Å². The predicted molar refractivity (Wildman–Crippen MR) is 85.5 cm³/mol. The molecule has 1 aliphatic carbocycles. The zero-order chi connectivity index (χ0) is 17.4. The van der Waals surface area contributed by atoms with Crippen molar-refractivity contribution in [2.75, 3.05) is 11.4 Å². The van der Waals surface area contributed by atoms with E-state index in [1.54, 1.807) is 0 Å². The minimum absolute atomic E-state index is 0.0196. The first-order valence-electron chi connectivity index (χ1n) is 8.58. The molecule has 1 saturated heterocycles. The van der Waals surface area contributed by atoms with Gasteiger partial charge >= 0.3 is 0 Å². The lowest BCUT2D eigenvalue weighted by atomic mass is 10.2. The van der Waals surface area contributed by atoms with Gasteiger partial charge < -0.3 is 14.7 Å². The molecule has 9 heteroatoms. The van der Waals surface area contributed by atoms with Gasteiger partial charge in [-0.25, -0.2) is 14.4 Å². The molecule has 1 aliphatic heterocycles. The van der Waals surface area contributed by atoms with Crippen molar-refractivity contribution >= 4 is 11.7 Å². The molecule has 2 aromatic rings. The van der Waals surface area contributed by atoms with Gasteiger partial charge in [-0.3, -0.25) is 4.79 Å². The van der Waals surface area contributed by atoms with E-state index in [2.05, 4.69) is 25.4 Å². The van der Waals surface area contributed by atoms with Gasteiger partial charge in [-0.1, -0.05) is 12.1 Å². The standard InChI is InChI=1S/C16H19FN6O2/c1-2-10-12(17)14(19-8-18-10)23-7-3-4-11(23)16-21-13(22-25-16)15(24)20-9-5-6-9/h8-9,11H,2-7H2,1H3,(H,20,24)/t11-/m0/s1. The number of carbonyl (C=O) groups excluding carboxylic acids is 1. The van der Waals surface area contributed by atoms with Crippen LogP contribution in [0.4, 0.5) is 10.2 Å². The molecule has 25 heavy (non-hydrogen) atoms. The number of rotatable bonds is 5. The average molecular weight is 346 g/mol. The largest absolute Gasteiger partial charge is 0.346 e. The number of nitrogens with one attached hydrogen (secondary N) is 1. The number of aromatic nitrogens is 4. The van der Waals surface area contributed by atoms with Crippen LogP contribution in [0.15, 0.2) is 10.9 Å². The number of nitrogens with zero attached hydrogens (tertiary/aromatic N) is 5. The molecule has 1 atom stereocenters. The molecule has 0 unspecified atom stereocenters. The first-order valence-corrected chi connectivity index (χ1v) is 8.58. The summed E-state index contributed by atoms with van der Waals surface area (Å²) in [6, 6.07) is -0.0657. The number of hydrogen-bond donors (Lipinski definition) is 1. The van der Waals surface area contributed by atoms with Crippen LogP contribution in [0.2, 0.25) is 0 Å². The van der Waals surface area contributed by atoms with Gasteiger partial charge in [-0.05, 0) is 32.1 Å². The van der Waals surface area contributed by atoms with E-state index in [1.807, 2.05) is 11.8 Å². The predicted octanol–water partition coefficient (Wildman–Crippen LogP) is 1.79. The Kier molecular flexibility index (Phi) is 4.06.